The molecule has 138 valence electrons. The molecule has 0 radical (unpaired) electrons. The SMILES string of the molecule is Cn1c(C2CN(C(=O)C3(O)CCC(c4ccccc4)CC3)C2)n[nH]c1=O. The molecule has 2 N–H and O–H groups in total. The average Bonchev–Trinajstić information content (AvgIpc) is 2.94. The molecule has 1 saturated heterocycles. The van der Waals surface area contributed by atoms with Crippen molar-refractivity contribution in [3.05, 3.63) is 52.2 Å². The zero-order chi connectivity index (χ0) is 18.3. The Morgan fingerprint density at radius 3 is 2.42 bits per heavy atom. The van der Waals surface area contributed by atoms with Crippen molar-refractivity contribution in [1.29, 1.82) is 0 Å². The fraction of sp³-hybridized carbons (Fsp3) is 0.526. The fourth-order valence-corrected chi connectivity index (χ4v) is 4.19. The first-order chi connectivity index (χ1) is 12.5. The smallest absolute Gasteiger partial charge is 0.343 e. The van der Waals surface area contributed by atoms with E-state index in [1.807, 2.05) is 18.2 Å². The Labute approximate surface area is 151 Å². The number of rotatable bonds is 3. The Balaban J connectivity index is 1.36. The summed E-state index contributed by atoms with van der Waals surface area (Å²) in [5.74, 6) is 0.943. The number of benzene rings is 1. The zero-order valence-electron chi connectivity index (χ0n) is 14.9. The molecule has 0 atom stereocenters. The summed E-state index contributed by atoms with van der Waals surface area (Å²) < 4.78 is 1.48. The highest BCUT2D eigenvalue weighted by Gasteiger charge is 2.46. The molecule has 4 rings (SSSR count). The van der Waals surface area contributed by atoms with Crippen LogP contribution in [-0.4, -0.2) is 49.4 Å². The maximum atomic E-state index is 12.8. The van der Waals surface area contributed by atoms with E-state index in [0.717, 1.165) is 12.8 Å². The summed E-state index contributed by atoms with van der Waals surface area (Å²) in [7, 11) is 1.67. The van der Waals surface area contributed by atoms with Crippen molar-refractivity contribution in [2.75, 3.05) is 13.1 Å². The molecule has 7 heteroatoms. The number of likely N-dealkylation sites (tertiary alicyclic amines) is 1. The van der Waals surface area contributed by atoms with Gasteiger partial charge in [-0.25, -0.2) is 9.89 Å². The summed E-state index contributed by atoms with van der Waals surface area (Å²) in [6, 6.07) is 10.3. The van der Waals surface area contributed by atoms with E-state index in [0.29, 0.717) is 37.7 Å². The van der Waals surface area contributed by atoms with Crippen LogP contribution >= 0.6 is 0 Å². The van der Waals surface area contributed by atoms with Gasteiger partial charge in [0.15, 0.2) is 0 Å². The number of carbonyl (C=O) groups is 1. The molecule has 2 aliphatic rings. The molecule has 0 spiro atoms. The molecule has 1 aromatic carbocycles. The normalized spacial score (nSPS) is 26.5. The van der Waals surface area contributed by atoms with Gasteiger partial charge in [-0.3, -0.25) is 9.36 Å². The van der Waals surface area contributed by atoms with Crippen LogP contribution in [0, 0.1) is 0 Å². The van der Waals surface area contributed by atoms with E-state index in [9.17, 15) is 14.7 Å². The van der Waals surface area contributed by atoms with Crippen LogP contribution in [0.1, 0.15) is 48.9 Å². The van der Waals surface area contributed by atoms with Gasteiger partial charge in [0.1, 0.15) is 11.4 Å². The topological polar surface area (TPSA) is 91.2 Å². The monoisotopic (exact) mass is 356 g/mol. The van der Waals surface area contributed by atoms with Crippen molar-refractivity contribution in [1.82, 2.24) is 19.7 Å². The first-order valence-corrected chi connectivity index (χ1v) is 9.16. The zero-order valence-corrected chi connectivity index (χ0v) is 14.9. The third-order valence-corrected chi connectivity index (χ3v) is 5.93. The number of hydrogen-bond donors (Lipinski definition) is 2. The van der Waals surface area contributed by atoms with Crippen LogP contribution < -0.4 is 5.69 Å². The second-order valence-corrected chi connectivity index (χ2v) is 7.57. The van der Waals surface area contributed by atoms with Crippen LogP contribution in [0.5, 0.6) is 0 Å². The Hall–Kier alpha value is -2.41. The van der Waals surface area contributed by atoms with Crippen molar-refractivity contribution in [3.63, 3.8) is 0 Å². The first-order valence-electron chi connectivity index (χ1n) is 9.16. The highest BCUT2D eigenvalue weighted by molar-refractivity contribution is 5.86. The van der Waals surface area contributed by atoms with Crippen molar-refractivity contribution in [2.24, 2.45) is 7.05 Å². The molecule has 2 fully saturated rings. The molecule has 2 aromatic rings. The quantitative estimate of drug-likeness (QED) is 0.862. The number of H-pyrrole nitrogens is 1. The van der Waals surface area contributed by atoms with E-state index in [-0.39, 0.29) is 17.5 Å². The highest BCUT2D eigenvalue weighted by atomic mass is 16.3. The molecule has 26 heavy (non-hydrogen) atoms. The molecule has 1 aliphatic heterocycles. The molecule has 1 amide bonds. The number of aromatic nitrogens is 3. The van der Waals surface area contributed by atoms with E-state index in [1.165, 1.54) is 10.1 Å². The van der Waals surface area contributed by atoms with Crippen LogP contribution in [0.2, 0.25) is 0 Å². The largest absolute Gasteiger partial charge is 0.380 e. The van der Waals surface area contributed by atoms with Gasteiger partial charge in [0.25, 0.3) is 5.91 Å². The van der Waals surface area contributed by atoms with Crippen molar-refractivity contribution in [3.8, 4) is 0 Å². The number of nitrogens with one attached hydrogen (secondary N) is 1. The molecule has 1 aliphatic carbocycles. The third kappa shape index (κ3) is 2.86. The van der Waals surface area contributed by atoms with Gasteiger partial charge in [0, 0.05) is 20.1 Å². The van der Waals surface area contributed by atoms with Crippen LogP contribution in [-0.2, 0) is 11.8 Å². The first kappa shape index (κ1) is 17.0. The fourth-order valence-electron chi connectivity index (χ4n) is 4.19. The molecule has 7 nitrogen and oxygen atoms in total. The summed E-state index contributed by atoms with van der Waals surface area (Å²) in [4.78, 5) is 25.9. The minimum Gasteiger partial charge on any atom is -0.380 e. The molecule has 1 saturated carbocycles. The van der Waals surface area contributed by atoms with Gasteiger partial charge in [0.05, 0.1) is 5.92 Å². The van der Waals surface area contributed by atoms with Crippen molar-refractivity contribution in [2.45, 2.75) is 43.1 Å². The van der Waals surface area contributed by atoms with Gasteiger partial charge in [-0.15, -0.1) is 0 Å². The minimum atomic E-state index is -1.26. The predicted molar refractivity (Wildman–Crippen MR) is 95.8 cm³/mol. The van der Waals surface area contributed by atoms with E-state index < -0.39 is 5.60 Å². The van der Waals surface area contributed by atoms with Crippen molar-refractivity contribution >= 4 is 5.91 Å². The number of amides is 1. The summed E-state index contributed by atoms with van der Waals surface area (Å²) in [6.45, 7) is 1.00. The number of carbonyl (C=O) groups excluding carboxylic acids is 1. The van der Waals surface area contributed by atoms with Crippen LogP contribution in [0.3, 0.4) is 0 Å². The lowest BCUT2D eigenvalue weighted by atomic mass is 9.75. The van der Waals surface area contributed by atoms with Crippen LogP contribution in [0.4, 0.5) is 0 Å². The van der Waals surface area contributed by atoms with Gasteiger partial charge in [-0.1, -0.05) is 30.3 Å². The second-order valence-electron chi connectivity index (χ2n) is 7.57. The van der Waals surface area contributed by atoms with Crippen LogP contribution in [0.15, 0.2) is 35.1 Å². The van der Waals surface area contributed by atoms with Gasteiger partial charge < -0.3 is 10.0 Å². The predicted octanol–water partition coefficient (Wildman–Crippen LogP) is 1.12. The maximum absolute atomic E-state index is 12.8. The molecule has 0 bridgehead atoms. The van der Waals surface area contributed by atoms with E-state index in [4.69, 9.17) is 0 Å². The maximum Gasteiger partial charge on any atom is 0.343 e. The number of hydrogen-bond acceptors (Lipinski definition) is 4. The Morgan fingerprint density at radius 1 is 1.19 bits per heavy atom. The van der Waals surface area contributed by atoms with E-state index in [1.54, 1.807) is 11.9 Å². The van der Waals surface area contributed by atoms with Gasteiger partial charge in [0.2, 0.25) is 0 Å². The summed E-state index contributed by atoms with van der Waals surface area (Å²) in [5.41, 5.74) is -0.221. The van der Waals surface area contributed by atoms with E-state index >= 15 is 0 Å². The summed E-state index contributed by atoms with van der Waals surface area (Å²) in [6.07, 6.45) is 2.62. The van der Waals surface area contributed by atoms with Gasteiger partial charge in [-0.2, -0.15) is 5.10 Å². The minimum absolute atomic E-state index is 0.0483. The average molecular weight is 356 g/mol. The standard InChI is InChI=1S/C19H24N4O3/c1-22-16(20-21-18(22)25)15-11-23(12-15)17(24)19(26)9-7-14(8-10-19)13-5-3-2-4-6-13/h2-6,14-15,26H,7-12H2,1H3,(H,21,25). The third-order valence-electron chi connectivity index (χ3n) is 5.93. The second kappa shape index (κ2) is 6.39. The van der Waals surface area contributed by atoms with Gasteiger partial charge in [-0.05, 0) is 37.2 Å². The molecular weight excluding hydrogens is 332 g/mol. The molecule has 1 aromatic heterocycles. The Morgan fingerprint density at radius 2 is 1.85 bits per heavy atom. The lowest BCUT2D eigenvalue weighted by Gasteiger charge is -2.44. The lowest BCUT2D eigenvalue weighted by Crippen LogP contribution is -2.58. The van der Waals surface area contributed by atoms with Crippen molar-refractivity contribution < 1.29 is 9.90 Å². The molecule has 2 heterocycles. The van der Waals surface area contributed by atoms with Crippen LogP contribution in [0.25, 0.3) is 0 Å². The number of aromatic amines is 1. The highest BCUT2D eigenvalue weighted by Crippen LogP contribution is 2.40. The Bertz CT molecular complexity index is 843. The molecular formula is C19H24N4O3. The molecule has 0 unspecified atom stereocenters. The lowest BCUT2D eigenvalue weighted by molar-refractivity contribution is -0.160. The Kier molecular flexibility index (Phi) is 4.19. The summed E-state index contributed by atoms with van der Waals surface area (Å²) >= 11 is 0. The number of nitrogens with zero attached hydrogens (tertiary/aromatic N) is 3. The number of aliphatic hydroxyl groups is 1. The van der Waals surface area contributed by atoms with E-state index in [2.05, 4.69) is 22.3 Å². The summed E-state index contributed by atoms with van der Waals surface area (Å²) in [5, 5.41) is 17.3. The van der Waals surface area contributed by atoms with Gasteiger partial charge >= 0.3 is 5.69 Å².